The van der Waals surface area contributed by atoms with Crippen molar-refractivity contribution >= 4 is 0 Å². The predicted octanol–water partition coefficient (Wildman–Crippen LogP) is 1.56. The van der Waals surface area contributed by atoms with Crippen LogP contribution in [0.5, 0.6) is 0 Å². The average Bonchev–Trinajstić information content (AvgIpc) is 2.80. The first-order valence-electron chi connectivity index (χ1n) is 8.04. The molecule has 1 aromatic heterocycles. The Labute approximate surface area is 121 Å². The topological polar surface area (TPSA) is 46.0 Å². The summed E-state index contributed by atoms with van der Waals surface area (Å²) < 4.78 is 1.99. The van der Waals surface area contributed by atoms with Gasteiger partial charge in [0.2, 0.25) is 0 Å². The summed E-state index contributed by atoms with van der Waals surface area (Å²) >= 11 is 0. The van der Waals surface area contributed by atoms with Crippen LogP contribution in [0, 0.1) is 5.92 Å². The summed E-state index contributed by atoms with van der Waals surface area (Å²) in [5.41, 5.74) is 0. The van der Waals surface area contributed by atoms with Gasteiger partial charge in [-0.2, -0.15) is 0 Å². The van der Waals surface area contributed by atoms with Gasteiger partial charge in [0.15, 0.2) is 0 Å². The van der Waals surface area contributed by atoms with Crippen molar-refractivity contribution in [3.05, 3.63) is 12.2 Å². The molecule has 1 aromatic rings. The van der Waals surface area contributed by atoms with Crippen molar-refractivity contribution in [1.82, 2.24) is 25.0 Å². The van der Waals surface area contributed by atoms with Crippen molar-refractivity contribution in [2.24, 2.45) is 13.0 Å². The highest BCUT2D eigenvalue weighted by molar-refractivity contribution is 4.89. The summed E-state index contributed by atoms with van der Waals surface area (Å²) in [6.07, 6.45) is 8.76. The second kappa shape index (κ2) is 6.22. The van der Waals surface area contributed by atoms with E-state index in [1.165, 1.54) is 45.2 Å². The van der Waals surface area contributed by atoms with Crippen molar-refractivity contribution in [3.8, 4) is 0 Å². The van der Waals surface area contributed by atoms with E-state index >= 15 is 0 Å². The molecule has 0 unspecified atom stereocenters. The van der Waals surface area contributed by atoms with Crippen LogP contribution in [0.3, 0.4) is 0 Å². The van der Waals surface area contributed by atoms with Gasteiger partial charge in [-0.25, -0.2) is 0 Å². The van der Waals surface area contributed by atoms with E-state index in [9.17, 15) is 0 Å². The quantitative estimate of drug-likeness (QED) is 0.887. The molecule has 1 aliphatic carbocycles. The van der Waals surface area contributed by atoms with Gasteiger partial charge in [0.25, 0.3) is 0 Å². The van der Waals surface area contributed by atoms with Gasteiger partial charge < -0.3 is 14.8 Å². The molecule has 1 aliphatic heterocycles. The van der Waals surface area contributed by atoms with Gasteiger partial charge in [-0.15, -0.1) is 10.2 Å². The zero-order valence-corrected chi connectivity index (χ0v) is 12.8. The maximum atomic E-state index is 4.14. The first-order valence-corrected chi connectivity index (χ1v) is 8.04. The maximum absolute atomic E-state index is 4.14. The minimum atomic E-state index is 0.551. The van der Waals surface area contributed by atoms with E-state index < -0.39 is 0 Å². The number of hydrogen-bond acceptors (Lipinski definition) is 4. The van der Waals surface area contributed by atoms with Gasteiger partial charge in [-0.05, 0) is 45.1 Å². The van der Waals surface area contributed by atoms with Crippen LogP contribution in [-0.2, 0) is 13.6 Å². The molecule has 2 atom stereocenters. The average molecular weight is 277 g/mol. The summed E-state index contributed by atoms with van der Waals surface area (Å²) in [7, 11) is 2.00. The molecule has 112 valence electrons. The number of nitrogens with one attached hydrogen (secondary N) is 1. The van der Waals surface area contributed by atoms with Crippen LogP contribution >= 0.6 is 0 Å². The van der Waals surface area contributed by atoms with E-state index in [4.69, 9.17) is 0 Å². The molecule has 3 rings (SSSR count). The largest absolute Gasteiger partial charge is 0.320 e. The zero-order chi connectivity index (χ0) is 13.9. The molecule has 2 fully saturated rings. The lowest BCUT2D eigenvalue weighted by Crippen LogP contribution is -2.50. The molecule has 5 nitrogen and oxygen atoms in total. The Bertz CT molecular complexity index is 426. The smallest absolute Gasteiger partial charge is 0.146 e. The maximum Gasteiger partial charge on any atom is 0.146 e. The van der Waals surface area contributed by atoms with Gasteiger partial charge in [-0.3, -0.25) is 0 Å². The van der Waals surface area contributed by atoms with E-state index in [2.05, 4.69) is 27.3 Å². The summed E-state index contributed by atoms with van der Waals surface area (Å²) in [5, 5.41) is 11.7. The highest BCUT2D eigenvalue weighted by Gasteiger charge is 2.31. The molecule has 2 aliphatic rings. The van der Waals surface area contributed by atoms with Crippen LogP contribution in [0.25, 0.3) is 0 Å². The van der Waals surface area contributed by atoms with Crippen molar-refractivity contribution in [2.45, 2.75) is 57.7 Å². The number of rotatable bonds is 5. The molecule has 2 heterocycles. The standard InChI is InChI=1S/C15H27N5/c1-12(16-9-15-18-17-11-19(15)2)13-5-4-8-20(10-13)14-6-3-7-14/h11-14,16H,3-10H2,1-2H3/t12-,13+/m0/s1. The Hall–Kier alpha value is -0.940. The van der Waals surface area contributed by atoms with Crippen LogP contribution < -0.4 is 5.32 Å². The lowest BCUT2D eigenvalue weighted by Gasteiger charge is -2.44. The molecule has 0 spiro atoms. The molecular weight excluding hydrogens is 250 g/mol. The number of aryl methyl sites for hydroxylation is 1. The van der Waals surface area contributed by atoms with Crippen LogP contribution in [0.1, 0.15) is 44.9 Å². The van der Waals surface area contributed by atoms with Crippen molar-refractivity contribution in [2.75, 3.05) is 13.1 Å². The van der Waals surface area contributed by atoms with Crippen LogP contribution in [0.4, 0.5) is 0 Å². The lowest BCUT2D eigenvalue weighted by molar-refractivity contribution is 0.0664. The molecule has 1 saturated carbocycles. The Morgan fingerprint density at radius 2 is 2.20 bits per heavy atom. The Morgan fingerprint density at radius 3 is 2.85 bits per heavy atom. The second-order valence-corrected chi connectivity index (χ2v) is 6.51. The monoisotopic (exact) mass is 277 g/mol. The Balaban J connectivity index is 1.48. The molecule has 20 heavy (non-hydrogen) atoms. The third kappa shape index (κ3) is 3.04. The number of nitrogens with zero attached hydrogens (tertiary/aromatic N) is 4. The van der Waals surface area contributed by atoms with E-state index in [0.29, 0.717) is 6.04 Å². The Morgan fingerprint density at radius 1 is 1.35 bits per heavy atom. The molecule has 1 saturated heterocycles. The fourth-order valence-corrected chi connectivity index (χ4v) is 3.42. The van der Waals surface area contributed by atoms with Crippen molar-refractivity contribution < 1.29 is 0 Å². The minimum absolute atomic E-state index is 0.551. The summed E-state index contributed by atoms with van der Waals surface area (Å²) in [4.78, 5) is 2.73. The van der Waals surface area contributed by atoms with E-state index in [0.717, 1.165) is 24.3 Å². The second-order valence-electron chi connectivity index (χ2n) is 6.51. The van der Waals surface area contributed by atoms with Crippen LogP contribution in [0.15, 0.2) is 6.33 Å². The normalized spacial score (nSPS) is 26.4. The molecule has 5 heteroatoms. The molecule has 0 radical (unpaired) electrons. The zero-order valence-electron chi connectivity index (χ0n) is 12.8. The third-order valence-electron chi connectivity index (χ3n) is 5.17. The lowest BCUT2D eigenvalue weighted by atomic mass is 9.85. The van der Waals surface area contributed by atoms with Gasteiger partial charge in [0.1, 0.15) is 12.2 Å². The number of aromatic nitrogens is 3. The summed E-state index contributed by atoms with van der Waals surface area (Å²) in [6, 6.07) is 1.44. The van der Waals surface area contributed by atoms with E-state index in [1.807, 2.05) is 11.6 Å². The summed E-state index contributed by atoms with van der Waals surface area (Å²) in [5.74, 6) is 1.79. The minimum Gasteiger partial charge on any atom is -0.320 e. The Kier molecular flexibility index (Phi) is 4.36. The first kappa shape index (κ1) is 14.0. The highest BCUT2D eigenvalue weighted by atomic mass is 15.3. The fourth-order valence-electron chi connectivity index (χ4n) is 3.42. The van der Waals surface area contributed by atoms with Gasteiger partial charge >= 0.3 is 0 Å². The van der Waals surface area contributed by atoms with Crippen LogP contribution in [0.2, 0.25) is 0 Å². The number of hydrogen-bond donors (Lipinski definition) is 1. The number of likely N-dealkylation sites (tertiary alicyclic amines) is 1. The van der Waals surface area contributed by atoms with Gasteiger partial charge in [-0.1, -0.05) is 6.42 Å². The van der Waals surface area contributed by atoms with E-state index in [1.54, 1.807) is 6.33 Å². The molecule has 0 aromatic carbocycles. The molecule has 0 amide bonds. The van der Waals surface area contributed by atoms with Gasteiger partial charge in [0.05, 0.1) is 6.54 Å². The SMILES string of the molecule is C[C@H](NCc1nncn1C)[C@@H]1CCCN(C2CCC2)C1. The summed E-state index contributed by atoms with van der Waals surface area (Å²) in [6.45, 7) is 5.73. The van der Waals surface area contributed by atoms with Crippen molar-refractivity contribution in [3.63, 3.8) is 0 Å². The van der Waals surface area contributed by atoms with Crippen molar-refractivity contribution in [1.29, 1.82) is 0 Å². The molecular formula is C15H27N5. The van der Waals surface area contributed by atoms with Crippen LogP contribution in [-0.4, -0.2) is 44.8 Å². The fraction of sp³-hybridized carbons (Fsp3) is 0.867. The molecule has 1 N–H and O–H groups in total. The first-order chi connectivity index (χ1) is 9.74. The predicted molar refractivity (Wildman–Crippen MR) is 79.2 cm³/mol. The van der Waals surface area contributed by atoms with E-state index in [-0.39, 0.29) is 0 Å². The highest BCUT2D eigenvalue weighted by Crippen LogP contribution is 2.30. The van der Waals surface area contributed by atoms with Gasteiger partial charge in [0, 0.05) is 25.7 Å². The molecule has 0 bridgehead atoms. The third-order valence-corrected chi connectivity index (χ3v) is 5.17. The number of piperidine rings is 1.